The van der Waals surface area contributed by atoms with Crippen molar-refractivity contribution < 1.29 is 14.3 Å². The van der Waals surface area contributed by atoms with E-state index in [0.29, 0.717) is 34.7 Å². The Balaban J connectivity index is 1.62. The maximum atomic E-state index is 12.8. The Kier molecular flexibility index (Phi) is 5.21. The maximum absolute atomic E-state index is 12.8. The standard InChI is InChI=1S/C25H19N5O3/c1-26-22-8-5-16-9-23(22)33-19-7-6-17-3-2-4-20(21(17)10-19)25(32)29-13-24(31)28-12-18-11-27-15-30(18)14-16/h2-11,15H,12-14H2,(H,28,31)(H,29,32). The van der Waals surface area contributed by atoms with Gasteiger partial charge in [0.05, 0.1) is 31.7 Å². The summed E-state index contributed by atoms with van der Waals surface area (Å²) in [6, 6.07) is 16.3. The number of hydrogen-bond acceptors (Lipinski definition) is 4. The summed E-state index contributed by atoms with van der Waals surface area (Å²) in [6.07, 6.45) is 3.37. The van der Waals surface area contributed by atoms with Crippen LogP contribution in [0, 0.1) is 6.57 Å². The first kappa shape index (κ1) is 20.3. The molecule has 0 spiro atoms. The molecule has 0 atom stereocenters. The van der Waals surface area contributed by atoms with Crippen LogP contribution in [0.15, 0.2) is 67.1 Å². The molecule has 2 heterocycles. The third-order valence-electron chi connectivity index (χ3n) is 5.50. The minimum atomic E-state index is -0.355. The van der Waals surface area contributed by atoms with Crippen molar-refractivity contribution in [2.75, 3.05) is 6.54 Å². The van der Waals surface area contributed by atoms with E-state index in [1.54, 1.807) is 42.9 Å². The molecule has 0 saturated carbocycles. The molecule has 4 aromatic rings. The van der Waals surface area contributed by atoms with Crippen LogP contribution in [-0.4, -0.2) is 27.9 Å². The van der Waals surface area contributed by atoms with Crippen LogP contribution in [0.25, 0.3) is 15.6 Å². The van der Waals surface area contributed by atoms with E-state index in [0.717, 1.165) is 16.6 Å². The lowest BCUT2D eigenvalue weighted by Crippen LogP contribution is -2.37. The highest BCUT2D eigenvalue weighted by Crippen LogP contribution is 2.35. The number of fused-ring (bicyclic) bond motifs is 4. The monoisotopic (exact) mass is 437 g/mol. The van der Waals surface area contributed by atoms with Gasteiger partial charge in [-0.3, -0.25) is 9.59 Å². The molecule has 0 radical (unpaired) electrons. The average molecular weight is 437 g/mol. The van der Waals surface area contributed by atoms with Gasteiger partial charge in [-0.25, -0.2) is 9.83 Å². The molecule has 0 aliphatic carbocycles. The minimum absolute atomic E-state index is 0.144. The molecule has 2 amide bonds. The summed E-state index contributed by atoms with van der Waals surface area (Å²) in [5, 5.41) is 7.06. The zero-order valence-corrected chi connectivity index (χ0v) is 17.5. The highest BCUT2D eigenvalue weighted by molar-refractivity contribution is 6.08. The third kappa shape index (κ3) is 4.12. The van der Waals surface area contributed by atoms with Crippen molar-refractivity contribution in [3.8, 4) is 11.5 Å². The number of ether oxygens (including phenoxy) is 1. The summed E-state index contributed by atoms with van der Waals surface area (Å²) in [7, 11) is 0. The fourth-order valence-electron chi connectivity index (χ4n) is 3.81. The Morgan fingerprint density at radius 3 is 2.82 bits per heavy atom. The Morgan fingerprint density at radius 1 is 1.03 bits per heavy atom. The lowest BCUT2D eigenvalue weighted by molar-refractivity contribution is -0.120. The van der Waals surface area contributed by atoms with Crippen molar-refractivity contribution >= 4 is 28.3 Å². The number of aromatic nitrogens is 2. The average Bonchev–Trinajstić information content (AvgIpc) is 3.27. The maximum Gasteiger partial charge on any atom is 0.252 e. The lowest BCUT2D eigenvalue weighted by atomic mass is 10.0. The second-order valence-corrected chi connectivity index (χ2v) is 7.68. The van der Waals surface area contributed by atoms with E-state index in [1.807, 2.05) is 28.8 Å². The number of hydrogen-bond donors (Lipinski definition) is 2. The van der Waals surface area contributed by atoms with Gasteiger partial charge in [0.2, 0.25) is 11.6 Å². The van der Waals surface area contributed by atoms with Crippen molar-refractivity contribution in [1.82, 2.24) is 20.2 Å². The normalized spacial score (nSPS) is 13.9. The molecule has 162 valence electrons. The van der Waals surface area contributed by atoms with Gasteiger partial charge in [0.1, 0.15) is 11.5 Å². The van der Waals surface area contributed by atoms with Gasteiger partial charge in [-0.15, -0.1) is 0 Å². The summed E-state index contributed by atoms with van der Waals surface area (Å²) in [4.78, 5) is 32.9. The number of amides is 2. The second kappa shape index (κ2) is 8.48. The molecule has 1 aliphatic rings. The number of benzene rings is 3. The number of carbonyl (C=O) groups is 2. The zero-order valence-electron chi connectivity index (χ0n) is 17.5. The number of nitrogens with one attached hydrogen (secondary N) is 2. The Bertz CT molecular complexity index is 1430. The molecule has 8 nitrogen and oxygen atoms in total. The van der Waals surface area contributed by atoms with Crippen molar-refractivity contribution in [2.45, 2.75) is 13.1 Å². The molecule has 2 N–H and O–H groups in total. The van der Waals surface area contributed by atoms with Gasteiger partial charge < -0.3 is 19.9 Å². The second-order valence-electron chi connectivity index (χ2n) is 7.68. The Morgan fingerprint density at radius 2 is 1.94 bits per heavy atom. The van der Waals surface area contributed by atoms with E-state index in [2.05, 4.69) is 20.5 Å². The molecular weight excluding hydrogens is 418 g/mol. The minimum Gasteiger partial charge on any atom is -0.468 e. The molecule has 1 aromatic heterocycles. The largest absolute Gasteiger partial charge is 0.468 e. The molecule has 8 heteroatoms. The first-order valence-corrected chi connectivity index (χ1v) is 10.4. The zero-order chi connectivity index (χ0) is 22.8. The van der Waals surface area contributed by atoms with E-state index in [1.165, 1.54) is 0 Å². The molecule has 3 aromatic carbocycles. The van der Waals surface area contributed by atoms with Gasteiger partial charge in [-0.2, -0.15) is 0 Å². The van der Waals surface area contributed by atoms with Gasteiger partial charge >= 0.3 is 0 Å². The van der Waals surface area contributed by atoms with Crippen LogP contribution in [0.2, 0.25) is 0 Å². The molecule has 4 bridgehead atoms. The highest BCUT2D eigenvalue weighted by atomic mass is 16.5. The van der Waals surface area contributed by atoms with Crippen LogP contribution in [0.4, 0.5) is 5.69 Å². The van der Waals surface area contributed by atoms with Crippen LogP contribution in [0.1, 0.15) is 21.6 Å². The van der Waals surface area contributed by atoms with Crippen molar-refractivity contribution in [2.24, 2.45) is 0 Å². The van der Waals surface area contributed by atoms with Crippen molar-refractivity contribution in [3.63, 3.8) is 0 Å². The van der Waals surface area contributed by atoms with Gasteiger partial charge in [-0.05, 0) is 40.6 Å². The van der Waals surface area contributed by atoms with Crippen LogP contribution in [0.3, 0.4) is 0 Å². The van der Waals surface area contributed by atoms with E-state index >= 15 is 0 Å². The van der Waals surface area contributed by atoms with Crippen LogP contribution < -0.4 is 15.4 Å². The van der Waals surface area contributed by atoms with Crippen LogP contribution in [0.5, 0.6) is 11.5 Å². The molecule has 1 aliphatic heterocycles. The van der Waals surface area contributed by atoms with Gasteiger partial charge in [0.25, 0.3) is 5.91 Å². The summed E-state index contributed by atoms with van der Waals surface area (Å²) in [6.45, 7) is 8.14. The first-order chi connectivity index (χ1) is 16.1. The number of nitrogens with zero attached hydrogens (tertiary/aromatic N) is 3. The molecule has 5 rings (SSSR count). The van der Waals surface area contributed by atoms with E-state index in [4.69, 9.17) is 11.3 Å². The molecule has 0 fully saturated rings. The molecule has 0 saturated heterocycles. The fraction of sp³-hybridized carbons (Fsp3) is 0.120. The van der Waals surface area contributed by atoms with Crippen molar-refractivity contribution in [3.05, 3.63) is 95.4 Å². The molecular formula is C25H19N5O3. The van der Waals surface area contributed by atoms with Gasteiger partial charge in [0.15, 0.2) is 0 Å². The Hall–Kier alpha value is -4.64. The summed E-state index contributed by atoms with van der Waals surface area (Å²) >= 11 is 0. The van der Waals surface area contributed by atoms with Crippen LogP contribution >= 0.6 is 0 Å². The topological polar surface area (TPSA) is 89.6 Å². The number of carbonyl (C=O) groups excluding carboxylic acids is 2. The third-order valence-corrected chi connectivity index (χ3v) is 5.50. The number of imidazole rings is 1. The lowest BCUT2D eigenvalue weighted by Gasteiger charge is -2.13. The summed E-state index contributed by atoms with van der Waals surface area (Å²) in [5.41, 5.74) is 2.56. The summed E-state index contributed by atoms with van der Waals surface area (Å²) in [5.74, 6) is 0.290. The van der Waals surface area contributed by atoms with E-state index in [9.17, 15) is 9.59 Å². The SMILES string of the molecule is [C-]#[N+]c1ccc2cc1Oc1ccc3cccc(c3c1)C(=O)NCC(=O)NCc1cncn1C2. The molecule has 33 heavy (non-hydrogen) atoms. The first-order valence-electron chi connectivity index (χ1n) is 10.4. The quantitative estimate of drug-likeness (QED) is 0.410. The predicted molar refractivity (Wildman–Crippen MR) is 122 cm³/mol. The van der Waals surface area contributed by atoms with E-state index in [-0.39, 0.29) is 24.9 Å². The summed E-state index contributed by atoms with van der Waals surface area (Å²) < 4.78 is 8.02. The van der Waals surface area contributed by atoms with Gasteiger partial charge in [0, 0.05) is 18.3 Å². The number of rotatable bonds is 0. The van der Waals surface area contributed by atoms with E-state index < -0.39 is 0 Å². The molecule has 0 unspecified atom stereocenters. The predicted octanol–water partition coefficient (Wildman–Crippen LogP) is 3.79. The Labute approximate surface area is 189 Å². The van der Waals surface area contributed by atoms with Gasteiger partial charge in [-0.1, -0.05) is 30.3 Å². The highest BCUT2D eigenvalue weighted by Gasteiger charge is 2.15. The van der Waals surface area contributed by atoms with Crippen molar-refractivity contribution in [1.29, 1.82) is 0 Å². The smallest absolute Gasteiger partial charge is 0.252 e. The van der Waals surface area contributed by atoms with Crippen LogP contribution in [-0.2, 0) is 17.9 Å². The fourth-order valence-corrected chi connectivity index (χ4v) is 3.81.